The van der Waals surface area contributed by atoms with Crippen molar-refractivity contribution in [2.75, 3.05) is 45.7 Å². The van der Waals surface area contributed by atoms with E-state index < -0.39 is 0 Å². The van der Waals surface area contributed by atoms with Crippen molar-refractivity contribution in [2.45, 2.75) is 0 Å². The van der Waals surface area contributed by atoms with Gasteiger partial charge < -0.3 is 19.9 Å². The second kappa shape index (κ2) is 7.31. The third-order valence-electron chi connectivity index (χ3n) is 4.19. The van der Waals surface area contributed by atoms with Crippen molar-refractivity contribution in [1.82, 2.24) is 14.8 Å². The van der Waals surface area contributed by atoms with E-state index in [1.54, 1.807) is 19.4 Å². The first-order valence-electron chi connectivity index (χ1n) is 8.02. The summed E-state index contributed by atoms with van der Waals surface area (Å²) in [6.07, 6.45) is 1.68. The number of amides is 1. The average molecular weight is 326 g/mol. The number of likely N-dealkylation sites (N-methyl/N-ethyl adjacent to an activating group) is 1. The molecule has 0 saturated carbocycles. The Kier molecular flexibility index (Phi) is 4.96. The molecular weight excluding hydrogens is 304 g/mol. The first-order valence-corrected chi connectivity index (χ1v) is 8.02. The molecule has 24 heavy (non-hydrogen) atoms. The molecule has 0 spiro atoms. The number of hydrogen-bond acceptors (Lipinski definition) is 5. The monoisotopic (exact) mass is 326 g/mol. The lowest BCUT2D eigenvalue weighted by Crippen LogP contribution is -2.47. The maximum Gasteiger partial charge on any atom is 0.257 e. The highest BCUT2D eigenvalue weighted by molar-refractivity contribution is 5.99. The minimum atomic E-state index is 0.00796. The smallest absolute Gasteiger partial charge is 0.257 e. The van der Waals surface area contributed by atoms with Crippen molar-refractivity contribution < 1.29 is 9.53 Å². The van der Waals surface area contributed by atoms with Crippen LogP contribution in [0.15, 0.2) is 42.6 Å². The number of aromatic nitrogens is 1. The summed E-state index contributed by atoms with van der Waals surface area (Å²) in [6.45, 7) is 3.25. The lowest BCUT2D eigenvalue weighted by Gasteiger charge is -2.32. The van der Waals surface area contributed by atoms with Gasteiger partial charge in [0.1, 0.15) is 11.6 Å². The van der Waals surface area contributed by atoms with Crippen LogP contribution in [0, 0.1) is 0 Å². The van der Waals surface area contributed by atoms with E-state index >= 15 is 0 Å². The van der Waals surface area contributed by atoms with Crippen molar-refractivity contribution in [3.05, 3.63) is 48.2 Å². The SMILES string of the molecule is COc1ccccc1Nc1ncccc1C(=O)N1CCN(C)CC1. The fourth-order valence-electron chi connectivity index (χ4n) is 2.73. The van der Waals surface area contributed by atoms with Crippen LogP contribution in [-0.2, 0) is 0 Å². The van der Waals surface area contributed by atoms with E-state index in [2.05, 4.69) is 22.2 Å². The lowest BCUT2D eigenvalue weighted by atomic mass is 10.2. The number of rotatable bonds is 4. The summed E-state index contributed by atoms with van der Waals surface area (Å²) in [5.41, 5.74) is 1.36. The molecule has 1 aromatic heterocycles. The number of ether oxygens (including phenoxy) is 1. The first-order chi connectivity index (χ1) is 11.7. The Balaban J connectivity index is 1.84. The van der Waals surface area contributed by atoms with Crippen LogP contribution in [-0.4, -0.2) is 61.0 Å². The van der Waals surface area contributed by atoms with Gasteiger partial charge in [-0.15, -0.1) is 0 Å². The van der Waals surface area contributed by atoms with Gasteiger partial charge in [-0.2, -0.15) is 0 Å². The molecule has 126 valence electrons. The van der Waals surface area contributed by atoms with Crippen LogP contribution in [0.1, 0.15) is 10.4 Å². The molecule has 2 aromatic rings. The molecule has 0 bridgehead atoms. The Morgan fingerprint density at radius 2 is 1.88 bits per heavy atom. The molecule has 2 heterocycles. The molecule has 1 fully saturated rings. The number of nitrogens with zero attached hydrogens (tertiary/aromatic N) is 3. The minimum absolute atomic E-state index is 0.00796. The molecule has 0 aliphatic carbocycles. The van der Waals surface area contributed by atoms with E-state index in [0.29, 0.717) is 17.1 Å². The Morgan fingerprint density at radius 3 is 2.62 bits per heavy atom. The summed E-state index contributed by atoms with van der Waals surface area (Å²) in [4.78, 5) is 21.3. The third kappa shape index (κ3) is 3.49. The highest BCUT2D eigenvalue weighted by atomic mass is 16.5. The highest BCUT2D eigenvalue weighted by Crippen LogP contribution is 2.28. The number of anilines is 2. The number of methoxy groups -OCH3 is 1. The molecule has 1 amide bonds. The molecule has 0 unspecified atom stereocenters. The number of piperazine rings is 1. The Bertz CT molecular complexity index is 712. The molecular formula is C18H22N4O2. The number of pyridine rings is 1. The van der Waals surface area contributed by atoms with Crippen LogP contribution in [0.2, 0.25) is 0 Å². The number of carbonyl (C=O) groups is 1. The Morgan fingerprint density at radius 1 is 1.12 bits per heavy atom. The van der Waals surface area contributed by atoms with Gasteiger partial charge in [-0.1, -0.05) is 12.1 Å². The molecule has 1 saturated heterocycles. The van der Waals surface area contributed by atoms with Gasteiger partial charge in [0.25, 0.3) is 5.91 Å². The second-order valence-corrected chi connectivity index (χ2v) is 5.82. The first kappa shape index (κ1) is 16.3. The van der Waals surface area contributed by atoms with Gasteiger partial charge in [0.05, 0.1) is 18.4 Å². The Hall–Kier alpha value is -2.60. The molecule has 3 rings (SSSR count). The minimum Gasteiger partial charge on any atom is -0.495 e. The van der Waals surface area contributed by atoms with Crippen molar-refractivity contribution in [1.29, 1.82) is 0 Å². The van der Waals surface area contributed by atoms with Gasteiger partial charge in [0.15, 0.2) is 0 Å². The quantitative estimate of drug-likeness (QED) is 0.934. The highest BCUT2D eigenvalue weighted by Gasteiger charge is 2.23. The van der Waals surface area contributed by atoms with E-state index in [0.717, 1.165) is 31.9 Å². The summed E-state index contributed by atoms with van der Waals surface area (Å²) in [5.74, 6) is 1.26. The number of para-hydroxylation sites is 2. The van der Waals surface area contributed by atoms with Crippen LogP contribution < -0.4 is 10.1 Å². The van der Waals surface area contributed by atoms with Crippen LogP contribution in [0.5, 0.6) is 5.75 Å². The van der Waals surface area contributed by atoms with Gasteiger partial charge in [-0.25, -0.2) is 4.98 Å². The zero-order chi connectivity index (χ0) is 16.9. The van der Waals surface area contributed by atoms with Crippen LogP contribution in [0.3, 0.4) is 0 Å². The van der Waals surface area contributed by atoms with E-state index in [4.69, 9.17) is 4.74 Å². The third-order valence-corrected chi connectivity index (χ3v) is 4.19. The summed E-state index contributed by atoms with van der Waals surface area (Å²) in [5, 5.41) is 3.23. The maximum absolute atomic E-state index is 12.9. The van der Waals surface area contributed by atoms with Crippen molar-refractivity contribution in [3.8, 4) is 5.75 Å². The number of carbonyl (C=O) groups excluding carboxylic acids is 1. The van der Waals surface area contributed by atoms with E-state index in [-0.39, 0.29) is 5.91 Å². The molecule has 1 N–H and O–H groups in total. The maximum atomic E-state index is 12.9. The van der Waals surface area contributed by atoms with Crippen LogP contribution >= 0.6 is 0 Å². The predicted molar refractivity (Wildman–Crippen MR) is 93.9 cm³/mol. The van der Waals surface area contributed by atoms with E-state index in [9.17, 15) is 4.79 Å². The molecule has 1 aliphatic rings. The normalized spacial score (nSPS) is 15.2. The van der Waals surface area contributed by atoms with Gasteiger partial charge in [0, 0.05) is 32.4 Å². The van der Waals surface area contributed by atoms with Crippen LogP contribution in [0.25, 0.3) is 0 Å². The van der Waals surface area contributed by atoms with E-state index in [1.165, 1.54) is 0 Å². The fraction of sp³-hybridized carbons (Fsp3) is 0.333. The van der Waals surface area contributed by atoms with Gasteiger partial charge in [0.2, 0.25) is 0 Å². The standard InChI is InChI=1S/C18H22N4O2/c1-21-10-12-22(13-11-21)18(23)14-6-5-9-19-17(14)20-15-7-3-4-8-16(15)24-2/h3-9H,10-13H2,1-2H3,(H,19,20). The number of hydrogen-bond donors (Lipinski definition) is 1. The zero-order valence-corrected chi connectivity index (χ0v) is 14.0. The van der Waals surface area contributed by atoms with Crippen molar-refractivity contribution in [2.24, 2.45) is 0 Å². The topological polar surface area (TPSA) is 57.7 Å². The molecule has 6 nitrogen and oxygen atoms in total. The second-order valence-electron chi connectivity index (χ2n) is 5.82. The van der Waals surface area contributed by atoms with Crippen LogP contribution in [0.4, 0.5) is 11.5 Å². The molecule has 1 aliphatic heterocycles. The molecule has 0 atom stereocenters. The largest absolute Gasteiger partial charge is 0.495 e. The predicted octanol–water partition coefficient (Wildman–Crippen LogP) is 2.22. The fourth-order valence-corrected chi connectivity index (χ4v) is 2.73. The molecule has 0 radical (unpaired) electrons. The van der Waals surface area contributed by atoms with E-state index in [1.807, 2.05) is 35.2 Å². The zero-order valence-electron chi connectivity index (χ0n) is 14.0. The lowest BCUT2D eigenvalue weighted by molar-refractivity contribution is 0.0665. The molecule has 6 heteroatoms. The van der Waals surface area contributed by atoms with Gasteiger partial charge in [-0.3, -0.25) is 4.79 Å². The van der Waals surface area contributed by atoms with Crippen molar-refractivity contribution in [3.63, 3.8) is 0 Å². The Labute approximate surface area is 142 Å². The molecule has 1 aromatic carbocycles. The van der Waals surface area contributed by atoms with Gasteiger partial charge >= 0.3 is 0 Å². The number of nitrogens with one attached hydrogen (secondary N) is 1. The average Bonchev–Trinajstić information content (AvgIpc) is 2.63. The van der Waals surface area contributed by atoms with Crippen molar-refractivity contribution >= 4 is 17.4 Å². The van der Waals surface area contributed by atoms with Gasteiger partial charge in [-0.05, 0) is 31.3 Å². The summed E-state index contributed by atoms with van der Waals surface area (Å²) >= 11 is 0. The summed E-state index contributed by atoms with van der Waals surface area (Å²) in [7, 11) is 3.69. The summed E-state index contributed by atoms with van der Waals surface area (Å²) in [6, 6.07) is 11.2. The summed E-state index contributed by atoms with van der Waals surface area (Å²) < 4.78 is 5.35. The number of benzene rings is 1.